The monoisotopic (exact) mass is 324 g/mol. The van der Waals surface area contributed by atoms with E-state index in [4.69, 9.17) is 11.6 Å². The van der Waals surface area contributed by atoms with Gasteiger partial charge in [0.1, 0.15) is 0 Å². The summed E-state index contributed by atoms with van der Waals surface area (Å²) in [4.78, 5) is 11.3. The molecule has 1 rings (SSSR count). The molecule has 0 aliphatic rings. The molecule has 0 amide bonds. The van der Waals surface area contributed by atoms with Gasteiger partial charge in [0.15, 0.2) is 0 Å². The Labute approximate surface area is 137 Å². The number of anilines is 1. The highest BCUT2D eigenvalue weighted by Crippen LogP contribution is 2.32. The van der Waals surface area contributed by atoms with Crippen LogP contribution in [0.5, 0.6) is 0 Å². The fraction of sp³-hybridized carbons (Fsp3) is 0.529. The summed E-state index contributed by atoms with van der Waals surface area (Å²) in [5.74, 6) is -0.669. The molecular weight excluding hydrogens is 300 g/mol. The molecule has 0 spiro atoms. The van der Waals surface area contributed by atoms with Crippen molar-refractivity contribution in [1.82, 2.24) is 0 Å². The molecule has 4 nitrogen and oxygen atoms in total. The topological polar surface area (TPSA) is 50.7 Å². The second kappa shape index (κ2) is 6.69. The van der Waals surface area contributed by atoms with E-state index in [9.17, 15) is 4.79 Å². The number of nitrogens with zero attached hydrogens (tertiary/aromatic N) is 1. The van der Waals surface area contributed by atoms with E-state index < -0.39 is 5.97 Å². The molecule has 1 N–H and O–H groups in total. The molecule has 5 heteroatoms. The Morgan fingerprint density at radius 3 is 1.86 bits per heavy atom. The summed E-state index contributed by atoms with van der Waals surface area (Å²) in [7, 11) is 1.26. The molecule has 22 heavy (non-hydrogen) atoms. The Bertz CT molecular complexity index is 549. The quantitative estimate of drug-likeness (QED) is 0.508. The van der Waals surface area contributed by atoms with Crippen molar-refractivity contribution in [3.8, 4) is 0 Å². The van der Waals surface area contributed by atoms with E-state index in [1.807, 2.05) is 12.1 Å². The molecule has 0 saturated carbocycles. The molecule has 0 fully saturated rings. The first kappa shape index (κ1) is 18.5. The van der Waals surface area contributed by atoms with Crippen molar-refractivity contribution in [2.45, 2.75) is 52.4 Å². The number of halogens is 1. The molecule has 0 bridgehead atoms. The van der Waals surface area contributed by atoms with Gasteiger partial charge in [-0.25, -0.2) is 4.79 Å². The summed E-state index contributed by atoms with van der Waals surface area (Å²) in [5.41, 5.74) is 6.02. The van der Waals surface area contributed by atoms with Gasteiger partial charge in [-0.1, -0.05) is 59.2 Å². The summed E-state index contributed by atoms with van der Waals surface area (Å²) in [6, 6.07) is 6.23. The molecule has 0 unspecified atom stereocenters. The number of benzene rings is 1. The number of esters is 1. The molecule has 0 aromatic heterocycles. The highest BCUT2D eigenvalue weighted by Gasteiger charge is 2.20. The molecule has 0 aliphatic heterocycles. The van der Waals surface area contributed by atoms with Gasteiger partial charge < -0.3 is 4.74 Å². The van der Waals surface area contributed by atoms with Crippen molar-refractivity contribution in [2.24, 2.45) is 5.10 Å². The van der Waals surface area contributed by atoms with E-state index in [1.165, 1.54) is 18.2 Å². The SMILES string of the molecule is COC(=O)/C(Cl)=N/Nc1cc(C(C)(C)C)cc(C(C)(C)C)c1. The molecule has 122 valence electrons. The van der Waals surface area contributed by atoms with Gasteiger partial charge in [0.2, 0.25) is 5.17 Å². The van der Waals surface area contributed by atoms with Crippen LogP contribution in [0.3, 0.4) is 0 Å². The van der Waals surface area contributed by atoms with Gasteiger partial charge in [-0.15, -0.1) is 0 Å². The molecule has 0 heterocycles. The first-order chi connectivity index (χ1) is 9.95. The third-order valence-corrected chi connectivity index (χ3v) is 3.54. The number of hydrazone groups is 1. The van der Waals surface area contributed by atoms with Crippen molar-refractivity contribution in [3.05, 3.63) is 29.3 Å². The zero-order valence-electron chi connectivity index (χ0n) is 14.4. The maximum atomic E-state index is 11.3. The first-order valence-corrected chi connectivity index (χ1v) is 7.56. The summed E-state index contributed by atoms with van der Waals surface area (Å²) < 4.78 is 4.51. The number of nitrogens with one attached hydrogen (secondary N) is 1. The lowest BCUT2D eigenvalue weighted by molar-refractivity contribution is -0.132. The van der Waals surface area contributed by atoms with Crippen molar-refractivity contribution in [2.75, 3.05) is 12.5 Å². The molecule has 0 atom stereocenters. The summed E-state index contributed by atoms with van der Waals surface area (Å²) in [5, 5.41) is 3.63. The van der Waals surface area contributed by atoms with Gasteiger partial charge in [0.25, 0.3) is 0 Å². The third kappa shape index (κ3) is 5.02. The average molecular weight is 325 g/mol. The summed E-state index contributed by atoms with van der Waals surface area (Å²) in [6.07, 6.45) is 0. The maximum absolute atomic E-state index is 11.3. The second-order valence-electron chi connectivity index (χ2n) is 7.31. The highest BCUT2D eigenvalue weighted by molar-refractivity contribution is 6.82. The van der Waals surface area contributed by atoms with Crippen LogP contribution in [-0.4, -0.2) is 18.2 Å². The standard InChI is InChI=1S/C17H25ClN2O2/c1-16(2,3)11-8-12(17(4,5)6)10-13(9-11)19-20-14(18)15(21)22-7/h8-10,19H,1-7H3/b20-14-. The van der Waals surface area contributed by atoms with E-state index in [0.717, 1.165) is 5.69 Å². The van der Waals surface area contributed by atoms with Gasteiger partial charge in [-0.3, -0.25) is 5.43 Å². The first-order valence-electron chi connectivity index (χ1n) is 7.18. The van der Waals surface area contributed by atoms with Crippen LogP contribution in [0.2, 0.25) is 0 Å². The van der Waals surface area contributed by atoms with Crippen LogP contribution >= 0.6 is 11.6 Å². The van der Waals surface area contributed by atoms with E-state index in [-0.39, 0.29) is 16.0 Å². The largest absolute Gasteiger partial charge is 0.464 e. The summed E-state index contributed by atoms with van der Waals surface area (Å²) in [6.45, 7) is 12.9. The zero-order chi connectivity index (χ0) is 17.1. The van der Waals surface area contributed by atoms with Crippen LogP contribution < -0.4 is 5.43 Å². The predicted octanol–water partition coefficient (Wildman–Crippen LogP) is 4.42. The van der Waals surface area contributed by atoms with Crippen molar-refractivity contribution in [1.29, 1.82) is 0 Å². The van der Waals surface area contributed by atoms with Gasteiger partial charge in [-0.05, 0) is 34.1 Å². The second-order valence-corrected chi connectivity index (χ2v) is 7.66. The molecule has 0 radical (unpaired) electrons. The Morgan fingerprint density at radius 1 is 1.05 bits per heavy atom. The third-order valence-electron chi connectivity index (χ3n) is 3.30. The molecule has 1 aromatic carbocycles. The van der Waals surface area contributed by atoms with E-state index in [2.05, 4.69) is 62.9 Å². The minimum Gasteiger partial charge on any atom is -0.464 e. The van der Waals surface area contributed by atoms with Crippen LogP contribution in [0.15, 0.2) is 23.3 Å². The number of hydrogen-bond donors (Lipinski definition) is 1. The van der Waals surface area contributed by atoms with Crippen LogP contribution in [-0.2, 0) is 20.4 Å². The average Bonchev–Trinajstić information content (AvgIpc) is 2.41. The van der Waals surface area contributed by atoms with Crippen molar-refractivity contribution < 1.29 is 9.53 Å². The Balaban J connectivity index is 3.22. The number of carbonyl (C=O) groups is 1. The fourth-order valence-corrected chi connectivity index (χ4v) is 1.92. The van der Waals surface area contributed by atoms with E-state index in [1.54, 1.807) is 0 Å². The van der Waals surface area contributed by atoms with E-state index >= 15 is 0 Å². The van der Waals surface area contributed by atoms with Gasteiger partial charge in [0, 0.05) is 0 Å². The highest BCUT2D eigenvalue weighted by atomic mass is 35.5. The number of rotatable bonds is 3. The number of methoxy groups -OCH3 is 1. The summed E-state index contributed by atoms with van der Waals surface area (Å²) >= 11 is 5.75. The molecule has 0 aliphatic carbocycles. The van der Waals surface area contributed by atoms with Gasteiger partial charge >= 0.3 is 5.97 Å². The molecule has 0 saturated heterocycles. The smallest absolute Gasteiger partial charge is 0.370 e. The predicted molar refractivity (Wildman–Crippen MR) is 92.8 cm³/mol. The van der Waals surface area contributed by atoms with Crippen LogP contribution in [0.4, 0.5) is 5.69 Å². The molecule has 1 aromatic rings. The van der Waals surface area contributed by atoms with Crippen LogP contribution in [0.25, 0.3) is 0 Å². The Morgan fingerprint density at radius 2 is 1.50 bits per heavy atom. The number of ether oxygens (including phenoxy) is 1. The molecular formula is C17H25ClN2O2. The fourth-order valence-electron chi connectivity index (χ4n) is 1.80. The lowest BCUT2D eigenvalue weighted by Crippen LogP contribution is -2.17. The van der Waals surface area contributed by atoms with Gasteiger partial charge in [-0.2, -0.15) is 5.10 Å². The zero-order valence-corrected chi connectivity index (χ0v) is 15.1. The minimum atomic E-state index is -0.669. The lowest BCUT2D eigenvalue weighted by atomic mass is 9.80. The number of carbonyl (C=O) groups excluding carboxylic acids is 1. The number of hydrogen-bond acceptors (Lipinski definition) is 4. The normalized spacial score (nSPS) is 13.0. The Hall–Kier alpha value is -1.55. The van der Waals surface area contributed by atoms with Gasteiger partial charge in [0.05, 0.1) is 12.8 Å². The maximum Gasteiger partial charge on any atom is 0.370 e. The van der Waals surface area contributed by atoms with Crippen molar-refractivity contribution >= 4 is 28.4 Å². The van der Waals surface area contributed by atoms with Crippen LogP contribution in [0, 0.1) is 0 Å². The lowest BCUT2D eigenvalue weighted by Gasteiger charge is -2.26. The Kier molecular flexibility index (Phi) is 5.63. The van der Waals surface area contributed by atoms with Crippen molar-refractivity contribution in [3.63, 3.8) is 0 Å². The van der Waals surface area contributed by atoms with E-state index in [0.29, 0.717) is 0 Å². The minimum absolute atomic E-state index is 0.00749. The van der Waals surface area contributed by atoms with Crippen LogP contribution in [0.1, 0.15) is 52.7 Å².